The molecule has 94 valence electrons. The van der Waals surface area contributed by atoms with Crippen molar-refractivity contribution in [2.75, 3.05) is 6.54 Å². The normalized spacial score (nSPS) is 10.0. The third kappa shape index (κ3) is 5.44. The van der Waals surface area contributed by atoms with Crippen LogP contribution in [0.25, 0.3) is 0 Å². The fourth-order valence-corrected chi connectivity index (χ4v) is 1.87. The van der Waals surface area contributed by atoms with Crippen molar-refractivity contribution in [1.82, 2.24) is 10.3 Å². The summed E-state index contributed by atoms with van der Waals surface area (Å²) in [6.07, 6.45) is 1.07. The molecule has 1 rings (SSSR count). The van der Waals surface area contributed by atoms with Gasteiger partial charge in [0.15, 0.2) is 0 Å². The molecule has 0 radical (unpaired) electrons. The Bertz CT molecular complexity index is 390. The van der Waals surface area contributed by atoms with Crippen molar-refractivity contribution in [3.05, 3.63) is 16.1 Å². The number of nitrogens with zero attached hydrogens (tertiary/aromatic N) is 1. The second kappa shape index (κ2) is 7.01. The van der Waals surface area contributed by atoms with Crippen LogP contribution in [0.4, 0.5) is 0 Å². The van der Waals surface area contributed by atoms with E-state index in [1.165, 1.54) is 6.92 Å². The van der Waals surface area contributed by atoms with Gasteiger partial charge in [0.1, 0.15) is 6.61 Å². The lowest BCUT2D eigenvalue weighted by Gasteiger charge is -2.03. The number of hydrogen-bond acceptors (Lipinski definition) is 5. The Morgan fingerprint density at radius 3 is 2.88 bits per heavy atom. The summed E-state index contributed by atoms with van der Waals surface area (Å²) in [6, 6.07) is 0. The molecule has 0 unspecified atom stereocenters. The van der Waals surface area contributed by atoms with Crippen LogP contribution < -0.4 is 5.32 Å². The Balaban J connectivity index is 2.21. The molecule has 17 heavy (non-hydrogen) atoms. The van der Waals surface area contributed by atoms with Crippen LogP contribution in [0.15, 0.2) is 5.38 Å². The maximum absolute atomic E-state index is 11.3. The number of aryl methyl sites for hydroxylation is 1. The number of hydrogen-bond donors (Lipinski definition) is 1. The standard InChI is InChI=1S/C11H16N2O3S/c1-3-10-13-9(7-17-10)6-16-11(15)4-5-12-8(2)14/h7H,3-6H2,1-2H3,(H,12,14). The second-order valence-electron chi connectivity index (χ2n) is 3.48. The molecule has 0 aliphatic carbocycles. The SMILES string of the molecule is CCc1nc(COC(=O)CCNC(C)=O)cs1. The molecule has 1 aromatic heterocycles. The molecule has 0 fully saturated rings. The summed E-state index contributed by atoms with van der Waals surface area (Å²) in [6.45, 7) is 3.95. The number of carbonyl (C=O) groups is 2. The minimum absolute atomic E-state index is 0.148. The number of rotatable bonds is 6. The van der Waals surface area contributed by atoms with E-state index in [1.807, 2.05) is 12.3 Å². The third-order valence-electron chi connectivity index (χ3n) is 1.99. The topological polar surface area (TPSA) is 68.3 Å². The molecule has 0 atom stereocenters. The van der Waals surface area contributed by atoms with Crippen LogP contribution in [0.1, 0.15) is 31.0 Å². The van der Waals surface area contributed by atoms with Crippen LogP contribution >= 0.6 is 11.3 Å². The molecule has 0 bridgehead atoms. The summed E-state index contributed by atoms with van der Waals surface area (Å²) < 4.78 is 5.02. The van der Waals surface area contributed by atoms with E-state index in [1.54, 1.807) is 11.3 Å². The Kier molecular flexibility index (Phi) is 5.62. The van der Waals surface area contributed by atoms with E-state index in [0.29, 0.717) is 6.54 Å². The number of thiazole rings is 1. The van der Waals surface area contributed by atoms with Crippen molar-refractivity contribution in [2.24, 2.45) is 0 Å². The van der Waals surface area contributed by atoms with Crippen molar-refractivity contribution in [3.8, 4) is 0 Å². The summed E-state index contributed by atoms with van der Waals surface area (Å²) in [5.74, 6) is -0.477. The van der Waals surface area contributed by atoms with E-state index >= 15 is 0 Å². The van der Waals surface area contributed by atoms with Gasteiger partial charge in [0.25, 0.3) is 0 Å². The molecule has 6 heteroatoms. The third-order valence-corrected chi connectivity index (χ3v) is 3.03. The Labute approximate surface area is 104 Å². The number of carbonyl (C=O) groups excluding carboxylic acids is 2. The average molecular weight is 256 g/mol. The first-order valence-electron chi connectivity index (χ1n) is 5.45. The van der Waals surface area contributed by atoms with Gasteiger partial charge in [0.05, 0.1) is 17.1 Å². The highest BCUT2D eigenvalue weighted by Gasteiger charge is 2.06. The second-order valence-corrected chi connectivity index (χ2v) is 4.42. The maximum atomic E-state index is 11.3. The van der Waals surface area contributed by atoms with E-state index in [4.69, 9.17) is 4.74 Å². The minimum atomic E-state index is -0.329. The van der Waals surface area contributed by atoms with Crippen LogP contribution in [0.5, 0.6) is 0 Å². The van der Waals surface area contributed by atoms with Gasteiger partial charge in [-0.25, -0.2) is 4.98 Å². The molecular weight excluding hydrogens is 240 g/mol. The zero-order valence-electron chi connectivity index (χ0n) is 9.99. The van der Waals surface area contributed by atoms with Gasteiger partial charge in [0.2, 0.25) is 5.91 Å². The molecule has 1 N–H and O–H groups in total. The molecule has 1 heterocycles. The average Bonchev–Trinajstić information content (AvgIpc) is 2.73. The lowest BCUT2D eigenvalue weighted by molar-refractivity contribution is -0.144. The number of nitrogens with one attached hydrogen (secondary N) is 1. The molecule has 0 spiro atoms. The van der Waals surface area contributed by atoms with Gasteiger partial charge in [-0.2, -0.15) is 0 Å². The van der Waals surface area contributed by atoms with E-state index < -0.39 is 0 Å². The Hall–Kier alpha value is -1.43. The van der Waals surface area contributed by atoms with Crippen molar-refractivity contribution >= 4 is 23.2 Å². The smallest absolute Gasteiger partial charge is 0.307 e. The van der Waals surface area contributed by atoms with E-state index in [2.05, 4.69) is 10.3 Å². The summed E-state index contributed by atoms with van der Waals surface area (Å²) in [5, 5.41) is 5.46. The first-order valence-corrected chi connectivity index (χ1v) is 6.33. The highest BCUT2D eigenvalue weighted by atomic mass is 32.1. The highest BCUT2D eigenvalue weighted by Crippen LogP contribution is 2.11. The maximum Gasteiger partial charge on any atom is 0.307 e. The minimum Gasteiger partial charge on any atom is -0.459 e. The van der Waals surface area contributed by atoms with Gasteiger partial charge in [-0.3, -0.25) is 9.59 Å². The first kappa shape index (κ1) is 13.6. The summed E-state index contributed by atoms with van der Waals surface area (Å²) in [7, 11) is 0. The Morgan fingerprint density at radius 2 is 2.29 bits per heavy atom. The molecule has 0 saturated heterocycles. The van der Waals surface area contributed by atoms with Crippen molar-refractivity contribution < 1.29 is 14.3 Å². The number of amides is 1. The van der Waals surface area contributed by atoms with Crippen LogP contribution in [-0.4, -0.2) is 23.4 Å². The van der Waals surface area contributed by atoms with Crippen molar-refractivity contribution in [3.63, 3.8) is 0 Å². The highest BCUT2D eigenvalue weighted by molar-refractivity contribution is 7.09. The number of ether oxygens (including phenoxy) is 1. The molecule has 0 saturated carbocycles. The fraction of sp³-hybridized carbons (Fsp3) is 0.545. The number of esters is 1. The van der Waals surface area contributed by atoms with Gasteiger partial charge in [-0.1, -0.05) is 6.92 Å². The van der Waals surface area contributed by atoms with Gasteiger partial charge in [-0.05, 0) is 6.42 Å². The van der Waals surface area contributed by atoms with Crippen LogP contribution in [-0.2, 0) is 27.4 Å². The molecular formula is C11H16N2O3S. The zero-order valence-corrected chi connectivity index (χ0v) is 10.8. The van der Waals surface area contributed by atoms with Gasteiger partial charge in [0, 0.05) is 18.8 Å². The zero-order chi connectivity index (χ0) is 12.7. The van der Waals surface area contributed by atoms with Crippen LogP contribution in [0.2, 0.25) is 0 Å². The number of aromatic nitrogens is 1. The summed E-state index contributed by atoms with van der Waals surface area (Å²) in [4.78, 5) is 26.1. The fourth-order valence-electron chi connectivity index (χ4n) is 1.14. The monoisotopic (exact) mass is 256 g/mol. The predicted molar refractivity (Wildman–Crippen MR) is 64.6 cm³/mol. The Morgan fingerprint density at radius 1 is 1.53 bits per heavy atom. The van der Waals surface area contributed by atoms with E-state index in [-0.39, 0.29) is 24.9 Å². The van der Waals surface area contributed by atoms with Gasteiger partial charge < -0.3 is 10.1 Å². The lowest BCUT2D eigenvalue weighted by atomic mass is 10.4. The molecule has 5 nitrogen and oxygen atoms in total. The van der Waals surface area contributed by atoms with Gasteiger partial charge in [-0.15, -0.1) is 11.3 Å². The molecule has 1 amide bonds. The predicted octanol–water partition coefficient (Wildman–Crippen LogP) is 1.27. The summed E-state index contributed by atoms with van der Waals surface area (Å²) >= 11 is 1.56. The van der Waals surface area contributed by atoms with Crippen LogP contribution in [0.3, 0.4) is 0 Å². The van der Waals surface area contributed by atoms with E-state index in [9.17, 15) is 9.59 Å². The summed E-state index contributed by atoms with van der Waals surface area (Å²) in [5.41, 5.74) is 0.778. The van der Waals surface area contributed by atoms with Gasteiger partial charge >= 0.3 is 5.97 Å². The largest absolute Gasteiger partial charge is 0.459 e. The quantitative estimate of drug-likeness (QED) is 0.778. The van der Waals surface area contributed by atoms with Crippen LogP contribution in [0, 0.1) is 0 Å². The molecule has 0 aromatic carbocycles. The molecule has 0 aliphatic heterocycles. The van der Waals surface area contributed by atoms with E-state index in [0.717, 1.165) is 17.1 Å². The molecule has 1 aromatic rings. The first-order chi connectivity index (χ1) is 8.11. The lowest BCUT2D eigenvalue weighted by Crippen LogP contribution is -2.23. The van der Waals surface area contributed by atoms with Crippen molar-refractivity contribution in [2.45, 2.75) is 33.3 Å². The van der Waals surface area contributed by atoms with Crippen molar-refractivity contribution in [1.29, 1.82) is 0 Å². The molecule has 0 aliphatic rings.